The highest BCUT2D eigenvalue weighted by Gasteiger charge is 2.35. The zero-order chi connectivity index (χ0) is 12.3. The summed E-state index contributed by atoms with van der Waals surface area (Å²) in [5.41, 5.74) is 3.51. The number of hydrogen-bond acceptors (Lipinski definition) is 3. The van der Waals surface area contributed by atoms with Crippen LogP contribution in [0.15, 0.2) is 18.2 Å². The molecular weight excluding hydrogens is 223 g/mol. The van der Waals surface area contributed by atoms with Gasteiger partial charge in [-0.1, -0.05) is 0 Å². The Morgan fingerprint density at radius 3 is 2.50 bits per heavy atom. The minimum absolute atomic E-state index is 0.0169. The van der Waals surface area contributed by atoms with Gasteiger partial charge in [0.25, 0.3) is 0 Å². The molecule has 16 heavy (non-hydrogen) atoms. The lowest BCUT2D eigenvalue weighted by atomic mass is 10.0. The van der Waals surface area contributed by atoms with Crippen molar-refractivity contribution in [3.05, 3.63) is 29.3 Å². The van der Waals surface area contributed by atoms with E-state index in [2.05, 4.69) is 0 Å². The molecule has 0 aromatic heterocycles. The summed E-state index contributed by atoms with van der Waals surface area (Å²) >= 11 is 0. The summed E-state index contributed by atoms with van der Waals surface area (Å²) in [6.07, 6.45) is -4.83. The zero-order valence-electron chi connectivity index (χ0n) is 8.21. The number of Topliss-reactive ketones (excluding diaryl/α,β-unsaturated/α-hetero) is 1. The summed E-state index contributed by atoms with van der Waals surface area (Å²) in [6.45, 7) is -0.0169. The van der Waals surface area contributed by atoms with Gasteiger partial charge in [-0.05, 0) is 24.7 Å². The number of carbonyl (C=O) groups is 1. The Kier molecular flexibility index (Phi) is 3.54. The molecule has 0 spiro atoms. The van der Waals surface area contributed by atoms with Crippen molar-refractivity contribution >= 4 is 5.78 Å². The van der Waals surface area contributed by atoms with Crippen LogP contribution in [0, 0.1) is 0 Å². The summed E-state index contributed by atoms with van der Waals surface area (Å²) in [7, 11) is 0. The number of phenolic OH excluding ortho intramolecular Hbond substituents is 1. The fourth-order valence-electron chi connectivity index (χ4n) is 1.28. The van der Waals surface area contributed by atoms with Crippen molar-refractivity contribution in [2.45, 2.75) is 12.6 Å². The van der Waals surface area contributed by atoms with E-state index >= 15 is 0 Å². The molecule has 0 heterocycles. The highest BCUT2D eigenvalue weighted by molar-refractivity contribution is 5.97. The lowest BCUT2D eigenvalue weighted by molar-refractivity contribution is -0.138. The molecule has 1 aromatic rings. The van der Waals surface area contributed by atoms with Crippen LogP contribution in [0.1, 0.15) is 22.3 Å². The van der Waals surface area contributed by atoms with Gasteiger partial charge in [0.15, 0.2) is 5.78 Å². The first-order chi connectivity index (χ1) is 7.36. The van der Waals surface area contributed by atoms with E-state index in [4.69, 9.17) is 10.8 Å². The van der Waals surface area contributed by atoms with Gasteiger partial charge in [-0.2, -0.15) is 13.2 Å². The van der Waals surface area contributed by atoms with Gasteiger partial charge in [-0.3, -0.25) is 4.79 Å². The summed E-state index contributed by atoms with van der Waals surface area (Å²) < 4.78 is 37.6. The second-order valence-electron chi connectivity index (χ2n) is 3.19. The highest BCUT2D eigenvalue weighted by Crippen LogP contribution is 2.34. The lowest BCUT2D eigenvalue weighted by Crippen LogP contribution is -2.15. The number of alkyl halides is 3. The smallest absolute Gasteiger partial charge is 0.417 e. The summed E-state index contributed by atoms with van der Waals surface area (Å²) in [6, 6.07) is 2.53. The first-order valence-corrected chi connectivity index (χ1v) is 4.49. The number of halogens is 3. The van der Waals surface area contributed by atoms with Gasteiger partial charge >= 0.3 is 6.18 Å². The van der Waals surface area contributed by atoms with Gasteiger partial charge in [-0.15, -0.1) is 0 Å². The fraction of sp³-hybridized carbons (Fsp3) is 0.300. The molecule has 0 saturated carbocycles. The number of rotatable bonds is 3. The maximum Gasteiger partial charge on any atom is 0.417 e. The first kappa shape index (κ1) is 12.5. The standard InChI is InChI=1S/C10H10F3NO2/c11-10(12,13)8-5-6(15)1-2-7(8)9(16)3-4-14/h1-2,5,15H,3-4,14H2. The molecule has 0 atom stereocenters. The Balaban J connectivity index is 3.23. The second-order valence-corrected chi connectivity index (χ2v) is 3.19. The van der Waals surface area contributed by atoms with E-state index in [1.165, 1.54) is 0 Å². The molecule has 1 aromatic carbocycles. The average Bonchev–Trinajstić information content (AvgIpc) is 2.16. The third-order valence-corrected chi connectivity index (χ3v) is 1.98. The molecule has 0 aliphatic carbocycles. The predicted molar refractivity (Wildman–Crippen MR) is 51.1 cm³/mol. The van der Waals surface area contributed by atoms with Crippen molar-refractivity contribution in [2.24, 2.45) is 5.73 Å². The maximum atomic E-state index is 12.5. The number of aromatic hydroxyl groups is 1. The molecule has 0 fully saturated rings. The minimum atomic E-state index is -4.67. The highest BCUT2D eigenvalue weighted by atomic mass is 19.4. The number of ketones is 1. The molecule has 0 aliphatic heterocycles. The van der Waals surface area contributed by atoms with Gasteiger partial charge in [-0.25, -0.2) is 0 Å². The third kappa shape index (κ3) is 2.73. The Hall–Kier alpha value is -1.56. The van der Waals surface area contributed by atoms with Crippen molar-refractivity contribution in [3.8, 4) is 5.75 Å². The molecule has 3 N–H and O–H groups in total. The van der Waals surface area contributed by atoms with Gasteiger partial charge < -0.3 is 10.8 Å². The molecule has 1 rings (SSSR count). The molecular formula is C10H10F3NO2. The van der Waals surface area contributed by atoms with E-state index in [0.717, 1.165) is 12.1 Å². The van der Waals surface area contributed by atoms with Crippen LogP contribution in [0.2, 0.25) is 0 Å². The SMILES string of the molecule is NCCC(=O)c1ccc(O)cc1C(F)(F)F. The van der Waals surface area contributed by atoms with Crippen molar-refractivity contribution in [3.63, 3.8) is 0 Å². The molecule has 0 radical (unpaired) electrons. The Labute approximate surface area is 89.7 Å². The molecule has 0 saturated heterocycles. The molecule has 0 unspecified atom stereocenters. The topological polar surface area (TPSA) is 63.3 Å². The van der Waals surface area contributed by atoms with E-state index in [-0.39, 0.29) is 13.0 Å². The van der Waals surface area contributed by atoms with Crippen LogP contribution in [0.3, 0.4) is 0 Å². The maximum absolute atomic E-state index is 12.5. The van der Waals surface area contributed by atoms with Crippen molar-refractivity contribution in [1.82, 2.24) is 0 Å². The lowest BCUT2D eigenvalue weighted by Gasteiger charge is -2.12. The van der Waals surface area contributed by atoms with Gasteiger partial charge in [0, 0.05) is 12.0 Å². The molecule has 88 valence electrons. The van der Waals surface area contributed by atoms with Crippen LogP contribution in [0.4, 0.5) is 13.2 Å². The Morgan fingerprint density at radius 2 is 2.00 bits per heavy atom. The molecule has 0 aliphatic rings. The Bertz CT molecular complexity index is 402. The fourth-order valence-corrected chi connectivity index (χ4v) is 1.28. The van der Waals surface area contributed by atoms with Crippen LogP contribution in [0.25, 0.3) is 0 Å². The monoisotopic (exact) mass is 233 g/mol. The number of carbonyl (C=O) groups excluding carboxylic acids is 1. The number of benzene rings is 1. The number of hydrogen-bond donors (Lipinski definition) is 2. The predicted octanol–water partition coefficient (Wildman–Crippen LogP) is 1.94. The zero-order valence-corrected chi connectivity index (χ0v) is 8.21. The quantitative estimate of drug-likeness (QED) is 0.784. The van der Waals surface area contributed by atoms with Crippen LogP contribution in [-0.2, 0) is 6.18 Å². The molecule has 6 heteroatoms. The van der Waals surface area contributed by atoms with E-state index < -0.39 is 28.8 Å². The van der Waals surface area contributed by atoms with Crippen molar-refractivity contribution < 1.29 is 23.1 Å². The molecule has 0 bridgehead atoms. The van der Waals surface area contributed by atoms with Crippen LogP contribution < -0.4 is 5.73 Å². The van der Waals surface area contributed by atoms with Gasteiger partial charge in [0.1, 0.15) is 5.75 Å². The first-order valence-electron chi connectivity index (χ1n) is 4.49. The third-order valence-electron chi connectivity index (χ3n) is 1.98. The summed E-state index contributed by atoms with van der Waals surface area (Å²) in [4.78, 5) is 11.4. The van der Waals surface area contributed by atoms with Crippen molar-refractivity contribution in [1.29, 1.82) is 0 Å². The van der Waals surface area contributed by atoms with Crippen LogP contribution >= 0.6 is 0 Å². The van der Waals surface area contributed by atoms with Crippen molar-refractivity contribution in [2.75, 3.05) is 6.54 Å². The van der Waals surface area contributed by atoms with E-state index in [9.17, 15) is 18.0 Å². The van der Waals surface area contributed by atoms with E-state index in [1.54, 1.807) is 0 Å². The van der Waals surface area contributed by atoms with Gasteiger partial charge in [0.2, 0.25) is 0 Å². The van der Waals surface area contributed by atoms with E-state index in [1.807, 2.05) is 0 Å². The minimum Gasteiger partial charge on any atom is -0.508 e. The average molecular weight is 233 g/mol. The summed E-state index contributed by atoms with van der Waals surface area (Å²) in [5, 5.41) is 8.98. The molecule has 0 amide bonds. The van der Waals surface area contributed by atoms with Crippen LogP contribution in [-0.4, -0.2) is 17.4 Å². The molecule has 3 nitrogen and oxygen atoms in total. The normalized spacial score (nSPS) is 11.5. The van der Waals surface area contributed by atoms with Crippen LogP contribution in [0.5, 0.6) is 5.75 Å². The number of nitrogens with two attached hydrogens (primary N) is 1. The van der Waals surface area contributed by atoms with E-state index in [0.29, 0.717) is 6.07 Å². The Morgan fingerprint density at radius 1 is 1.38 bits per heavy atom. The number of phenols is 1. The second kappa shape index (κ2) is 4.52. The summed E-state index contributed by atoms with van der Waals surface area (Å²) in [5.74, 6) is -1.22. The van der Waals surface area contributed by atoms with Gasteiger partial charge in [0.05, 0.1) is 5.56 Å². The largest absolute Gasteiger partial charge is 0.508 e.